The minimum atomic E-state index is -1.08. The number of carbonyl (C=O) groups is 9. The molecule has 0 aromatic heterocycles. The topological polar surface area (TPSA) is 279 Å². The molecule has 5 atom stereocenters. The van der Waals surface area contributed by atoms with Crippen LogP contribution in [0.2, 0.25) is 0 Å². The molecule has 3 unspecified atom stereocenters. The van der Waals surface area contributed by atoms with Gasteiger partial charge in [0.2, 0.25) is 23.6 Å². The monoisotopic (exact) mass is 816 g/mol. The lowest BCUT2D eigenvalue weighted by Gasteiger charge is -2.27. The molecule has 1 fully saturated rings. The van der Waals surface area contributed by atoms with Crippen LogP contribution in [0.3, 0.4) is 0 Å². The van der Waals surface area contributed by atoms with Crippen LogP contribution >= 0.6 is 0 Å². The van der Waals surface area contributed by atoms with Crippen molar-refractivity contribution in [3.63, 3.8) is 0 Å². The van der Waals surface area contributed by atoms with E-state index in [2.05, 4.69) is 21.3 Å². The largest absolute Gasteiger partial charge is 0.445 e. The minimum absolute atomic E-state index is 0.00914. The van der Waals surface area contributed by atoms with Gasteiger partial charge in [-0.05, 0) is 60.6 Å². The SMILES string of the molecule is CCC(CC(=O)NC(C(=O)N[C@@H](CCCNC(N)=O)C(=O)Nc1ccc(COC(=O)N(C)[C@H](C(N)=O)C(C)C)cc1)C(C)C)CC(C)CC(=O)ON1C(=O)CCC1=O. The van der Waals surface area contributed by atoms with E-state index in [1.807, 2.05) is 6.92 Å². The quantitative estimate of drug-likeness (QED) is 0.0688. The van der Waals surface area contributed by atoms with Gasteiger partial charge in [0.1, 0.15) is 24.7 Å². The Morgan fingerprint density at radius 3 is 2.02 bits per heavy atom. The van der Waals surface area contributed by atoms with E-state index in [-0.39, 0.29) is 75.3 Å². The Hall–Kier alpha value is -5.75. The Bertz CT molecular complexity index is 1620. The number of hydrogen-bond donors (Lipinski definition) is 6. The number of amides is 9. The van der Waals surface area contributed by atoms with Crippen LogP contribution in [-0.4, -0.2) is 95.2 Å². The number of imide groups is 1. The standard InChI is InChI=1S/C39H60N8O11/c1-8-25(18-24(6)19-32(51)58-47-30(49)15-16-31(47)50)20-29(48)45-33(22(2)3)37(54)44-28(10-9-17-42-38(41)55)36(53)43-27-13-11-26(12-14-27)21-57-39(56)46(7)34(23(4)5)35(40)52/h11-14,22-25,28,33-34H,8-10,15-21H2,1-7H3,(H2,40,52)(H,43,53)(H,44,54)(H,45,48)(H3,41,42,55)/t24?,25?,28-,33?,34-/m0/s1. The van der Waals surface area contributed by atoms with Crippen molar-refractivity contribution in [3.8, 4) is 0 Å². The maximum atomic E-state index is 13.6. The normalized spacial score (nSPS) is 15.2. The molecule has 1 aromatic rings. The molecule has 2 rings (SSSR count). The van der Waals surface area contributed by atoms with E-state index in [1.165, 1.54) is 7.05 Å². The van der Waals surface area contributed by atoms with Gasteiger partial charge in [-0.2, -0.15) is 0 Å². The number of carbonyl (C=O) groups excluding carboxylic acids is 9. The van der Waals surface area contributed by atoms with Crippen LogP contribution in [0.25, 0.3) is 0 Å². The van der Waals surface area contributed by atoms with Gasteiger partial charge in [-0.3, -0.25) is 33.7 Å². The molecule has 0 bridgehead atoms. The average Bonchev–Trinajstić information content (AvgIpc) is 3.45. The highest BCUT2D eigenvalue weighted by atomic mass is 16.7. The fourth-order valence-corrected chi connectivity index (χ4v) is 6.45. The predicted octanol–water partition coefficient (Wildman–Crippen LogP) is 2.22. The van der Waals surface area contributed by atoms with Crippen molar-refractivity contribution in [2.24, 2.45) is 35.1 Å². The van der Waals surface area contributed by atoms with Crippen LogP contribution in [-0.2, 0) is 49.7 Å². The van der Waals surface area contributed by atoms with Gasteiger partial charge in [-0.15, -0.1) is 5.06 Å². The van der Waals surface area contributed by atoms with Gasteiger partial charge in [-0.25, -0.2) is 14.4 Å². The summed E-state index contributed by atoms with van der Waals surface area (Å²) in [6.07, 6.45) is 0.671. The second kappa shape index (κ2) is 23.5. The number of primary amides is 2. The van der Waals surface area contributed by atoms with Gasteiger partial charge >= 0.3 is 18.1 Å². The first kappa shape index (κ1) is 48.4. The first-order valence-corrected chi connectivity index (χ1v) is 19.5. The molecule has 19 nitrogen and oxygen atoms in total. The smallest absolute Gasteiger partial charge is 0.410 e. The number of ether oxygens (including phenoxy) is 1. The van der Waals surface area contributed by atoms with Crippen molar-refractivity contribution < 1.29 is 52.7 Å². The highest BCUT2D eigenvalue weighted by Crippen LogP contribution is 2.23. The number of nitrogens with two attached hydrogens (primary N) is 2. The zero-order chi connectivity index (χ0) is 43.7. The molecular weight excluding hydrogens is 756 g/mol. The van der Waals surface area contributed by atoms with Crippen LogP contribution in [0.15, 0.2) is 24.3 Å². The van der Waals surface area contributed by atoms with Gasteiger partial charge in [-0.1, -0.05) is 60.1 Å². The summed E-state index contributed by atoms with van der Waals surface area (Å²) >= 11 is 0. The maximum absolute atomic E-state index is 13.6. The maximum Gasteiger partial charge on any atom is 0.410 e. The molecule has 0 aliphatic carbocycles. The molecule has 1 aliphatic rings. The second-order valence-corrected chi connectivity index (χ2v) is 15.3. The molecule has 0 radical (unpaired) electrons. The number of nitrogens with zero attached hydrogens (tertiary/aromatic N) is 2. The van der Waals surface area contributed by atoms with E-state index in [9.17, 15) is 43.2 Å². The summed E-state index contributed by atoms with van der Waals surface area (Å²) in [5.74, 6) is -5.07. The summed E-state index contributed by atoms with van der Waals surface area (Å²) in [6, 6.07) is 2.74. The lowest BCUT2D eigenvalue weighted by molar-refractivity contribution is -0.198. The molecule has 0 saturated carbocycles. The van der Waals surface area contributed by atoms with Gasteiger partial charge in [0.05, 0.1) is 6.42 Å². The van der Waals surface area contributed by atoms with E-state index in [1.54, 1.807) is 58.9 Å². The molecule has 1 heterocycles. The van der Waals surface area contributed by atoms with Crippen molar-refractivity contribution in [1.82, 2.24) is 25.9 Å². The molecule has 0 spiro atoms. The van der Waals surface area contributed by atoms with Crippen molar-refractivity contribution in [3.05, 3.63) is 29.8 Å². The summed E-state index contributed by atoms with van der Waals surface area (Å²) in [7, 11) is 1.43. The molecule has 322 valence electrons. The molecule has 8 N–H and O–H groups in total. The third-order valence-corrected chi connectivity index (χ3v) is 9.58. The summed E-state index contributed by atoms with van der Waals surface area (Å²) in [6.45, 7) is 10.7. The third-order valence-electron chi connectivity index (χ3n) is 9.58. The number of benzene rings is 1. The van der Waals surface area contributed by atoms with Gasteiger partial charge < -0.3 is 42.3 Å². The van der Waals surface area contributed by atoms with Crippen molar-refractivity contribution >= 4 is 59.2 Å². The van der Waals surface area contributed by atoms with Crippen LogP contribution in [0.4, 0.5) is 15.3 Å². The fourth-order valence-electron chi connectivity index (χ4n) is 6.45. The molecule has 1 aliphatic heterocycles. The molecule has 1 saturated heterocycles. The lowest BCUT2D eigenvalue weighted by atomic mass is 9.89. The van der Waals surface area contributed by atoms with E-state index < -0.39 is 71.7 Å². The zero-order valence-corrected chi connectivity index (χ0v) is 34.5. The summed E-state index contributed by atoms with van der Waals surface area (Å²) in [5, 5.41) is 11.2. The average molecular weight is 817 g/mol. The van der Waals surface area contributed by atoms with Gasteiger partial charge in [0, 0.05) is 38.5 Å². The van der Waals surface area contributed by atoms with Crippen LogP contribution in [0, 0.1) is 23.7 Å². The Morgan fingerprint density at radius 2 is 1.48 bits per heavy atom. The first-order chi connectivity index (χ1) is 27.2. The molecule has 9 amide bonds. The Kier molecular flexibility index (Phi) is 19.6. The highest BCUT2D eigenvalue weighted by Gasteiger charge is 2.34. The summed E-state index contributed by atoms with van der Waals surface area (Å²) < 4.78 is 5.34. The third kappa shape index (κ3) is 16.0. The number of rotatable bonds is 23. The van der Waals surface area contributed by atoms with Crippen LogP contribution < -0.4 is 32.7 Å². The number of hydrogen-bond acceptors (Lipinski definition) is 11. The van der Waals surface area contributed by atoms with Crippen LogP contribution in [0.1, 0.15) is 98.5 Å². The van der Waals surface area contributed by atoms with Crippen molar-refractivity contribution in [2.75, 3.05) is 18.9 Å². The number of nitrogens with one attached hydrogen (secondary N) is 4. The predicted molar refractivity (Wildman–Crippen MR) is 210 cm³/mol. The Morgan fingerprint density at radius 1 is 0.862 bits per heavy atom. The van der Waals surface area contributed by atoms with Crippen molar-refractivity contribution in [1.29, 1.82) is 0 Å². The number of likely N-dealkylation sites (N-methyl/N-ethyl adjacent to an activating group) is 1. The van der Waals surface area contributed by atoms with Gasteiger partial charge in [0.25, 0.3) is 11.8 Å². The number of urea groups is 1. The van der Waals surface area contributed by atoms with E-state index in [0.29, 0.717) is 29.2 Å². The summed E-state index contributed by atoms with van der Waals surface area (Å²) in [5.41, 5.74) is 11.6. The fraction of sp³-hybridized carbons (Fsp3) is 0.615. The molecule has 58 heavy (non-hydrogen) atoms. The van der Waals surface area contributed by atoms with Crippen LogP contribution in [0.5, 0.6) is 0 Å². The Balaban J connectivity index is 2.04. The highest BCUT2D eigenvalue weighted by molar-refractivity contribution is 6.01. The van der Waals surface area contributed by atoms with E-state index in [4.69, 9.17) is 21.0 Å². The van der Waals surface area contributed by atoms with Gasteiger partial charge in [0.15, 0.2) is 0 Å². The lowest BCUT2D eigenvalue weighted by Crippen LogP contribution is -2.54. The molecular formula is C39H60N8O11. The minimum Gasteiger partial charge on any atom is -0.445 e. The van der Waals surface area contributed by atoms with E-state index >= 15 is 0 Å². The number of anilines is 1. The molecule has 19 heteroatoms. The number of hydroxylamine groups is 2. The summed E-state index contributed by atoms with van der Waals surface area (Å²) in [4.78, 5) is 118. The molecule has 1 aromatic carbocycles. The Labute approximate surface area is 339 Å². The van der Waals surface area contributed by atoms with E-state index in [0.717, 1.165) is 4.90 Å². The first-order valence-electron chi connectivity index (χ1n) is 19.5. The second-order valence-electron chi connectivity index (χ2n) is 15.3. The zero-order valence-electron chi connectivity index (χ0n) is 34.5. The van der Waals surface area contributed by atoms with Crippen molar-refractivity contribution in [2.45, 2.75) is 118 Å².